The second kappa shape index (κ2) is 9.95. The van der Waals surface area contributed by atoms with Gasteiger partial charge in [-0.25, -0.2) is 0 Å². The van der Waals surface area contributed by atoms with Gasteiger partial charge in [0, 0.05) is 17.1 Å². The number of likely N-dealkylation sites (tertiary alicyclic amines) is 1. The highest BCUT2D eigenvalue weighted by Crippen LogP contribution is 2.60. The van der Waals surface area contributed by atoms with Crippen molar-refractivity contribution in [2.24, 2.45) is 11.8 Å². The zero-order valence-electron chi connectivity index (χ0n) is 20.0. The van der Waals surface area contributed by atoms with Crippen LogP contribution in [0.4, 0.5) is 5.69 Å². The van der Waals surface area contributed by atoms with Gasteiger partial charge >= 0.3 is 0 Å². The molecule has 3 amide bonds. The van der Waals surface area contributed by atoms with Crippen LogP contribution in [0, 0.1) is 11.8 Å². The number of amides is 3. The molecule has 0 radical (unpaired) electrons. The summed E-state index contributed by atoms with van der Waals surface area (Å²) in [6, 6.07) is 17.1. The van der Waals surface area contributed by atoms with Crippen LogP contribution in [0.15, 0.2) is 60.7 Å². The molecule has 2 aromatic rings. The molecule has 3 aliphatic rings. The summed E-state index contributed by atoms with van der Waals surface area (Å²) in [4.78, 5) is 42.5. The number of rotatable bonds is 8. The summed E-state index contributed by atoms with van der Waals surface area (Å²) in [5.41, 5.74) is 0.407. The number of alkyl halides is 1. The van der Waals surface area contributed by atoms with E-state index in [0.717, 1.165) is 5.56 Å². The molecular formula is C27H30BrN3O5. The van der Waals surface area contributed by atoms with Gasteiger partial charge in [0.2, 0.25) is 17.7 Å². The molecule has 0 saturated carbocycles. The average Bonchev–Trinajstić information content (AvgIpc) is 3.48. The van der Waals surface area contributed by atoms with Gasteiger partial charge in [0.25, 0.3) is 0 Å². The first-order valence-electron chi connectivity index (χ1n) is 12.3. The van der Waals surface area contributed by atoms with Gasteiger partial charge in [-0.15, -0.1) is 0 Å². The number of para-hydroxylation sites is 1. The van der Waals surface area contributed by atoms with E-state index in [1.165, 1.54) is 4.90 Å². The third-order valence-electron chi connectivity index (χ3n) is 7.70. The molecule has 0 aliphatic carbocycles. The average molecular weight is 556 g/mol. The molecule has 2 aromatic carbocycles. The van der Waals surface area contributed by atoms with Crippen LogP contribution in [0.25, 0.3) is 0 Å². The number of ether oxygens (including phenoxy) is 1. The van der Waals surface area contributed by atoms with Crippen molar-refractivity contribution in [1.82, 2.24) is 10.2 Å². The van der Waals surface area contributed by atoms with E-state index in [1.54, 1.807) is 12.1 Å². The molecule has 3 aliphatic heterocycles. The quantitative estimate of drug-likeness (QED) is 0.433. The van der Waals surface area contributed by atoms with E-state index in [1.807, 2.05) is 55.5 Å². The van der Waals surface area contributed by atoms with Crippen molar-refractivity contribution in [3.8, 4) is 0 Å². The SMILES string of the molecule is CC[C@@H](CO)N1C(=O)[C@@H]2[C@H](C(=O)Nc3ccccc3)[C@H]3OC2(CC3Br)C1C(=O)NCc1ccccc1. The Balaban J connectivity index is 1.48. The Bertz CT molecular complexity index is 1130. The minimum Gasteiger partial charge on any atom is -0.394 e. The van der Waals surface area contributed by atoms with Gasteiger partial charge < -0.3 is 25.4 Å². The Labute approximate surface area is 218 Å². The van der Waals surface area contributed by atoms with E-state index < -0.39 is 35.6 Å². The Morgan fingerprint density at radius 1 is 1.14 bits per heavy atom. The number of fused-ring (bicyclic) bond motifs is 1. The van der Waals surface area contributed by atoms with Crippen molar-refractivity contribution in [2.75, 3.05) is 11.9 Å². The van der Waals surface area contributed by atoms with Crippen LogP contribution in [0.5, 0.6) is 0 Å². The summed E-state index contributed by atoms with van der Waals surface area (Å²) < 4.78 is 6.48. The zero-order valence-corrected chi connectivity index (χ0v) is 21.6. The normalized spacial score (nSPS) is 31.2. The fourth-order valence-electron chi connectivity index (χ4n) is 6.10. The van der Waals surface area contributed by atoms with Crippen LogP contribution in [0.2, 0.25) is 0 Å². The van der Waals surface area contributed by atoms with E-state index in [0.29, 0.717) is 25.1 Å². The van der Waals surface area contributed by atoms with E-state index >= 15 is 0 Å². The molecular weight excluding hydrogens is 526 g/mol. The molecule has 3 fully saturated rings. The van der Waals surface area contributed by atoms with Crippen LogP contribution in [0.3, 0.4) is 0 Å². The van der Waals surface area contributed by atoms with Crippen LogP contribution in [-0.2, 0) is 25.7 Å². The number of carbonyl (C=O) groups excluding carboxylic acids is 3. The molecule has 9 heteroatoms. The van der Waals surface area contributed by atoms with Crippen molar-refractivity contribution in [3.05, 3.63) is 66.2 Å². The minimum atomic E-state index is -1.15. The van der Waals surface area contributed by atoms with Crippen LogP contribution < -0.4 is 10.6 Å². The topological polar surface area (TPSA) is 108 Å². The Morgan fingerprint density at radius 2 is 1.81 bits per heavy atom. The molecule has 8 nitrogen and oxygen atoms in total. The number of nitrogens with zero attached hydrogens (tertiary/aromatic N) is 1. The van der Waals surface area contributed by atoms with Gasteiger partial charge in [-0.1, -0.05) is 71.4 Å². The minimum absolute atomic E-state index is 0.188. The maximum atomic E-state index is 14.0. The lowest BCUT2D eigenvalue weighted by Gasteiger charge is -2.36. The maximum Gasteiger partial charge on any atom is 0.246 e. The predicted molar refractivity (Wildman–Crippen MR) is 137 cm³/mol. The van der Waals surface area contributed by atoms with Crippen molar-refractivity contribution >= 4 is 39.3 Å². The van der Waals surface area contributed by atoms with Crippen molar-refractivity contribution in [1.29, 1.82) is 0 Å². The molecule has 2 bridgehead atoms. The fraction of sp³-hybridized carbons (Fsp3) is 0.444. The molecule has 7 atom stereocenters. The lowest BCUT2D eigenvalue weighted by molar-refractivity contribution is -0.145. The number of anilines is 1. The summed E-state index contributed by atoms with van der Waals surface area (Å²) in [5.74, 6) is -2.54. The number of nitrogens with one attached hydrogen (secondary N) is 2. The van der Waals surface area contributed by atoms with Gasteiger partial charge in [-0.2, -0.15) is 0 Å². The molecule has 3 unspecified atom stereocenters. The summed E-state index contributed by atoms with van der Waals surface area (Å²) in [5, 5.41) is 16.0. The first-order chi connectivity index (χ1) is 17.4. The van der Waals surface area contributed by atoms with Crippen LogP contribution in [-0.4, -0.2) is 63.0 Å². The smallest absolute Gasteiger partial charge is 0.246 e. The third kappa shape index (κ3) is 4.03. The molecule has 3 heterocycles. The number of halogens is 1. The van der Waals surface area contributed by atoms with Crippen molar-refractivity contribution < 1.29 is 24.2 Å². The summed E-state index contributed by atoms with van der Waals surface area (Å²) in [6.45, 7) is 1.88. The Morgan fingerprint density at radius 3 is 2.44 bits per heavy atom. The summed E-state index contributed by atoms with van der Waals surface area (Å²) >= 11 is 3.67. The highest BCUT2D eigenvalue weighted by atomic mass is 79.9. The number of hydrogen-bond donors (Lipinski definition) is 3. The maximum absolute atomic E-state index is 14.0. The van der Waals surface area contributed by atoms with Gasteiger partial charge in [0.1, 0.15) is 11.6 Å². The number of benzene rings is 2. The van der Waals surface area contributed by atoms with Crippen molar-refractivity contribution in [2.45, 2.75) is 54.9 Å². The number of hydrogen-bond acceptors (Lipinski definition) is 5. The first kappa shape index (κ1) is 24.9. The third-order valence-corrected chi connectivity index (χ3v) is 8.55. The van der Waals surface area contributed by atoms with E-state index in [-0.39, 0.29) is 29.2 Å². The van der Waals surface area contributed by atoms with Crippen LogP contribution in [0.1, 0.15) is 25.3 Å². The zero-order chi connectivity index (χ0) is 25.4. The monoisotopic (exact) mass is 555 g/mol. The van der Waals surface area contributed by atoms with Crippen LogP contribution >= 0.6 is 15.9 Å². The fourth-order valence-corrected chi connectivity index (χ4v) is 7.05. The predicted octanol–water partition coefficient (Wildman–Crippen LogP) is 2.46. The molecule has 5 rings (SSSR count). The largest absolute Gasteiger partial charge is 0.394 e. The molecule has 0 aromatic heterocycles. The number of aliphatic hydroxyl groups excluding tert-OH is 1. The highest BCUT2D eigenvalue weighted by molar-refractivity contribution is 9.09. The van der Waals surface area contributed by atoms with Gasteiger partial charge in [-0.3, -0.25) is 14.4 Å². The highest BCUT2D eigenvalue weighted by Gasteiger charge is 2.76. The second-order valence-electron chi connectivity index (χ2n) is 9.71. The summed E-state index contributed by atoms with van der Waals surface area (Å²) in [6.07, 6.45) is 0.351. The Kier molecular flexibility index (Phi) is 6.89. The molecule has 190 valence electrons. The first-order valence-corrected chi connectivity index (χ1v) is 13.2. The second-order valence-corrected chi connectivity index (χ2v) is 10.9. The van der Waals surface area contributed by atoms with E-state index in [9.17, 15) is 19.5 Å². The lowest BCUT2D eigenvalue weighted by atomic mass is 9.70. The summed E-state index contributed by atoms with van der Waals surface area (Å²) in [7, 11) is 0. The lowest BCUT2D eigenvalue weighted by Crippen LogP contribution is -2.58. The van der Waals surface area contributed by atoms with E-state index in [4.69, 9.17) is 4.74 Å². The number of carbonyl (C=O) groups is 3. The van der Waals surface area contributed by atoms with Crippen molar-refractivity contribution in [3.63, 3.8) is 0 Å². The molecule has 3 saturated heterocycles. The van der Waals surface area contributed by atoms with Gasteiger partial charge in [0.15, 0.2) is 0 Å². The molecule has 36 heavy (non-hydrogen) atoms. The number of aliphatic hydroxyl groups is 1. The van der Waals surface area contributed by atoms with Gasteiger partial charge in [0.05, 0.1) is 30.6 Å². The van der Waals surface area contributed by atoms with E-state index in [2.05, 4.69) is 26.6 Å². The molecule has 1 spiro atoms. The van der Waals surface area contributed by atoms with Gasteiger partial charge in [-0.05, 0) is 30.5 Å². The standard InChI is InChI=1S/C27H30BrN3O5/c1-2-18(15-32)31-23(25(34)29-14-16-9-5-3-6-10-16)27-13-19(28)22(36-27)20(21(27)26(31)35)24(33)30-17-11-7-4-8-12-17/h3-12,18-23,32H,2,13-15H2,1H3,(H,29,34)(H,30,33)/t18-,19?,20-,21-,22-,23?,27?/m0/s1. The Hall–Kier alpha value is -2.75. The molecule has 3 N–H and O–H groups in total.